The van der Waals surface area contributed by atoms with Crippen LogP contribution in [0.5, 0.6) is 0 Å². The minimum Gasteiger partial charge on any atom is -0.307 e. The average Bonchev–Trinajstić information content (AvgIpc) is 2.47. The third-order valence-electron chi connectivity index (χ3n) is 2.70. The van der Waals surface area contributed by atoms with E-state index in [4.69, 9.17) is 0 Å². The molecule has 2 atom stereocenters. The minimum absolute atomic E-state index is 0.131. The normalized spacial score (nSPS) is 33.5. The van der Waals surface area contributed by atoms with E-state index >= 15 is 0 Å². The first-order valence-corrected chi connectivity index (χ1v) is 4.67. The Morgan fingerprint density at radius 2 is 2.08 bits per heavy atom. The average molecular weight is 179 g/mol. The van der Waals surface area contributed by atoms with Gasteiger partial charge in [0.25, 0.3) is 0 Å². The predicted octanol–water partition coefficient (Wildman–Crippen LogP) is 2.45. The molecule has 2 rings (SSSR count). The second-order valence-corrected chi connectivity index (χ2v) is 3.83. The van der Waals surface area contributed by atoms with Crippen LogP contribution in [0.2, 0.25) is 0 Å². The van der Waals surface area contributed by atoms with Gasteiger partial charge in [-0.05, 0) is 25.5 Å². The first-order chi connectivity index (χ1) is 6.20. The van der Waals surface area contributed by atoms with Gasteiger partial charge in [0.1, 0.15) is 5.67 Å². The van der Waals surface area contributed by atoms with E-state index in [1.165, 1.54) is 0 Å². The number of alkyl halides is 1. The fraction of sp³-hybridized carbons (Fsp3) is 0.455. The number of hydrogen-bond donors (Lipinski definition) is 1. The maximum atomic E-state index is 13.9. The first-order valence-electron chi connectivity index (χ1n) is 4.67. The first kappa shape index (κ1) is 8.70. The summed E-state index contributed by atoms with van der Waals surface area (Å²) >= 11 is 0. The Hall–Kier alpha value is -0.890. The molecule has 13 heavy (non-hydrogen) atoms. The summed E-state index contributed by atoms with van der Waals surface area (Å²) in [6.07, 6.45) is 0.604. The van der Waals surface area contributed by atoms with E-state index in [9.17, 15) is 4.39 Å². The highest BCUT2D eigenvalue weighted by Gasteiger charge is 2.39. The van der Waals surface area contributed by atoms with Crippen LogP contribution in [0.15, 0.2) is 30.3 Å². The highest BCUT2D eigenvalue weighted by Crippen LogP contribution is 2.36. The molecule has 2 heteroatoms. The van der Waals surface area contributed by atoms with Crippen LogP contribution in [0, 0.1) is 0 Å². The zero-order valence-electron chi connectivity index (χ0n) is 7.76. The summed E-state index contributed by atoms with van der Waals surface area (Å²) in [5.74, 6) is 0. The number of benzene rings is 1. The van der Waals surface area contributed by atoms with Gasteiger partial charge in [-0.3, -0.25) is 0 Å². The third-order valence-corrected chi connectivity index (χ3v) is 2.70. The van der Waals surface area contributed by atoms with Gasteiger partial charge in [0, 0.05) is 0 Å². The summed E-state index contributed by atoms with van der Waals surface area (Å²) in [6.45, 7) is 2.44. The van der Waals surface area contributed by atoms with Crippen molar-refractivity contribution in [3.05, 3.63) is 35.9 Å². The smallest absolute Gasteiger partial charge is 0.128 e. The van der Waals surface area contributed by atoms with Crippen molar-refractivity contribution < 1.29 is 4.39 Å². The zero-order chi connectivity index (χ0) is 9.31. The minimum atomic E-state index is -1.10. The number of hydrogen-bond acceptors (Lipinski definition) is 1. The van der Waals surface area contributed by atoms with Crippen LogP contribution >= 0.6 is 0 Å². The summed E-state index contributed by atoms with van der Waals surface area (Å²) < 4.78 is 13.9. The molecule has 70 valence electrons. The molecular weight excluding hydrogens is 165 g/mol. The van der Waals surface area contributed by atoms with Crippen LogP contribution in [0.4, 0.5) is 4.39 Å². The molecule has 0 amide bonds. The molecule has 0 spiro atoms. The molecule has 1 aromatic rings. The highest BCUT2D eigenvalue weighted by atomic mass is 19.1. The molecule has 1 N–H and O–H groups in total. The molecule has 0 radical (unpaired) electrons. The Morgan fingerprint density at radius 1 is 1.38 bits per heavy atom. The summed E-state index contributed by atoms with van der Waals surface area (Å²) in [5, 5.41) is 3.19. The van der Waals surface area contributed by atoms with Gasteiger partial charge in [-0.1, -0.05) is 30.3 Å². The molecule has 0 aliphatic carbocycles. The summed E-state index contributed by atoms with van der Waals surface area (Å²) in [5.41, 5.74) is -0.0496. The van der Waals surface area contributed by atoms with E-state index in [-0.39, 0.29) is 6.04 Å². The van der Waals surface area contributed by atoms with Gasteiger partial charge in [0.2, 0.25) is 0 Å². The molecular formula is C11H14FN. The lowest BCUT2D eigenvalue weighted by atomic mass is 9.93. The molecule has 1 fully saturated rings. The lowest BCUT2D eigenvalue weighted by Gasteiger charge is -2.22. The van der Waals surface area contributed by atoms with Gasteiger partial charge < -0.3 is 5.32 Å². The van der Waals surface area contributed by atoms with Crippen LogP contribution < -0.4 is 5.32 Å². The Bertz CT molecular complexity index is 281. The van der Waals surface area contributed by atoms with Crippen molar-refractivity contribution in [1.82, 2.24) is 5.32 Å². The highest BCUT2D eigenvalue weighted by molar-refractivity contribution is 5.23. The number of nitrogens with one attached hydrogen (secondary N) is 1. The fourth-order valence-corrected chi connectivity index (χ4v) is 1.93. The summed E-state index contributed by atoms with van der Waals surface area (Å²) in [7, 11) is 0. The molecule has 1 nitrogen and oxygen atoms in total. The molecule has 0 saturated carbocycles. The molecule has 0 aromatic heterocycles. The van der Waals surface area contributed by atoms with Gasteiger partial charge in [-0.2, -0.15) is 0 Å². The van der Waals surface area contributed by atoms with Crippen molar-refractivity contribution in [2.75, 3.05) is 6.54 Å². The second-order valence-electron chi connectivity index (χ2n) is 3.83. The molecule has 2 unspecified atom stereocenters. The van der Waals surface area contributed by atoms with Gasteiger partial charge in [0.05, 0.1) is 6.04 Å². The second kappa shape index (κ2) is 3.11. The lowest BCUT2D eigenvalue weighted by molar-refractivity contribution is 0.168. The topological polar surface area (TPSA) is 12.0 Å². The standard InChI is InChI=1S/C11H14FN/c1-11(12)7-8-13-10(11)9-5-3-2-4-6-9/h2-6,10,13H,7-8H2,1H3. The van der Waals surface area contributed by atoms with E-state index in [1.807, 2.05) is 30.3 Å². The SMILES string of the molecule is CC1(F)CCNC1c1ccccc1. The molecule has 1 aliphatic heterocycles. The van der Waals surface area contributed by atoms with Crippen LogP contribution in [0.25, 0.3) is 0 Å². The lowest BCUT2D eigenvalue weighted by Crippen LogP contribution is -2.27. The molecule has 1 aromatic carbocycles. The van der Waals surface area contributed by atoms with E-state index < -0.39 is 5.67 Å². The van der Waals surface area contributed by atoms with Gasteiger partial charge in [-0.25, -0.2) is 4.39 Å². The summed E-state index contributed by atoms with van der Waals surface area (Å²) in [6, 6.07) is 9.67. The zero-order valence-corrected chi connectivity index (χ0v) is 7.76. The maximum Gasteiger partial charge on any atom is 0.128 e. The van der Waals surface area contributed by atoms with Gasteiger partial charge >= 0.3 is 0 Å². The van der Waals surface area contributed by atoms with Crippen molar-refractivity contribution >= 4 is 0 Å². The monoisotopic (exact) mass is 179 g/mol. The van der Waals surface area contributed by atoms with E-state index in [0.717, 1.165) is 12.1 Å². The Balaban J connectivity index is 2.27. The summed E-state index contributed by atoms with van der Waals surface area (Å²) in [4.78, 5) is 0. The van der Waals surface area contributed by atoms with Gasteiger partial charge in [-0.15, -0.1) is 0 Å². The predicted molar refractivity (Wildman–Crippen MR) is 51.3 cm³/mol. The number of rotatable bonds is 1. The molecule has 1 aliphatic rings. The third kappa shape index (κ3) is 1.59. The quantitative estimate of drug-likeness (QED) is 0.698. The van der Waals surface area contributed by atoms with Gasteiger partial charge in [0.15, 0.2) is 0 Å². The van der Waals surface area contributed by atoms with Crippen molar-refractivity contribution in [2.24, 2.45) is 0 Å². The Morgan fingerprint density at radius 3 is 2.62 bits per heavy atom. The molecule has 1 saturated heterocycles. The largest absolute Gasteiger partial charge is 0.307 e. The van der Waals surface area contributed by atoms with Crippen molar-refractivity contribution in [3.8, 4) is 0 Å². The van der Waals surface area contributed by atoms with Crippen molar-refractivity contribution in [2.45, 2.75) is 25.1 Å². The molecule has 0 bridgehead atoms. The number of halogens is 1. The fourth-order valence-electron chi connectivity index (χ4n) is 1.93. The van der Waals surface area contributed by atoms with E-state index in [1.54, 1.807) is 6.92 Å². The van der Waals surface area contributed by atoms with Crippen LogP contribution in [0.1, 0.15) is 24.9 Å². The Labute approximate surface area is 78.0 Å². The van der Waals surface area contributed by atoms with Crippen LogP contribution in [0.3, 0.4) is 0 Å². The van der Waals surface area contributed by atoms with Crippen molar-refractivity contribution in [3.63, 3.8) is 0 Å². The van der Waals surface area contributed by atoms with Crippen LogP contribution in [-0.2, 0) is 0 Å². The molecule has 1 heterocycles. The Kier molecular flexibility index (Phi) is 2.08. The van der Waals surface area contributed by atoms with E-state index in [2.05, 4.69) is 5.32 Å². The van der Waals surface area contributed by atoms with Crippen molar-refractivity contribution in [1.29, 1.82) is 0 Å². The maximum absolute atomic E-state index is 13.9. The van der Waals surface area contributed by atoms with E-state index in [0.29, 0.717) is 6.42 Å². The van der Waals surface area contributed by atoms with Crippen LogP contribution in [-0.4, -0.2) is 12.2 Å².